The van der Waals surface area contributed by atoms with Crippen molar-refractivity contribution in [1.82, 2.24) is 14.6 Å². The van der Waals surface area contributed by atoms with Crippen molar-refractivity contribution in [3.63, 3.8) is 0 Å². The van der Waals surface area contributed by atoms with Gasteiger partial charge in [0.2, 0.25) is 0 Å². The molecule has 1 aromatic heterocycles. The standard InChI is InChI=1S/C21H34N4OSi/c1-18-21(24(16-22-18)17-26-14-15-27(2,3)4)19-10-12-25(13-11-19)23-20-8-6-5-7-9-20/h5-9,16,19,23H,10-15,17H2,1-4H3. The fourth-order valence-corrected chi connectivity index (χ4v) is 4.38. The van der Waals surface area contributed by atoms with Crippen LogP contribution in [0.15, 0.2) is 36.7 Å². The van der Waals surface area contributed by atoms with E-state index in [2.05, 4.69) is 70.8 Å². The summed E-state index contributed by atoms with van der Waals surface area (Å²) in [5, 5.41) is 2.33. The van der Waals surface area contributed by atoms with E-state index in [4.69, 9.17) is 4.74 Å². The van der Waals surface area contributed by atoms with Crippen molar-refractivity contribution >= 4 is 13.8 Å². The summed E-state index contributed by atoms with van der Waals surface area (Å²) in [5.74, 6) is 0.557. The molecule has 2 heterocycles. The van der Waals surface area contributed by atoms with E-state index in [0.29, 0.717) is 12.6 Å². The second-order valence-corrected chi connectivity index (χ2v) is 14.4. The van der Waals surface area contributed by atoms with Gasteiger partial charge < -0.3 is 14.7 Å². The molecule has 0 aliphatic carbocycles. The minimum absolute atomic E-state index is 0.557. The predicted molar refractivity (Wildman–Crippen MR) is 115 cm³/mol. The summed E-state index contributed by atoms with van der Waals surface area (Å²) in [6.07, 6.45) is 4.23. The lowest BCUT2D eigenvalue weighted by atomic mass is 9.93. The highest BCUT2D eigenvalue weighted by molar-refractivity contribution is 6.76. The Bertz CT molecular complexity index is 703. The van der Waals surface area contributed by atoms with Crippen LogP contribution in [0, 0.1) is 6.92 Å². The summed E-state index contributed by atoms with van der Waals surface area (Å²) in [4.78, 5) is 4.57. The fourth-order valence-electron chi connectivity index (χ4n) is 3.63. The van der Waals surface area contributed by atoms with Crippen LogP contribution in [0.3, 0.4) is 0 Å². The average molecular weight is 387 g/mol. The van der Waals surface area contributed by atoms with Gasteiger partial charge in [-0.25, -0.2) is 9.99 Å². The highest BCUT2D eigenvalue weighted by Crippen LogP contribution is 2.30. The van der Waals surface area contributed by atoms with Crippen LogP contribution in [0.1, 0.15) is 30.1 Å². The number of hydrogen-bond acceptors (Lipinski definition) is 4. The number of rotatable bonds is 8. The summed E-state index contributed by atoms with van der Waals surface area (Å²) < 4.78 is 8.20. The van der Waals surface area contributed by atoms with Crippen molar-refractivity contribution in [3.8, 4) is 0 Å². The highest BCUT2D eigenvalue weighted by Gasteiger charge is 2.25. The Morgan fingerprint density at radius 2 is 1.85 bits per heavy atom. The van der Waals surface area contributed by atoms with Gasteiger partial charge in [-0.05, 0) is 37.9 Å². The zero-order chi connectivity index (χ0) is 19.3. The zero-order valence-electron chi connectivity index (χ0n) is 17.2. The highest BCUT2D eigenvalue weighted by atomic mass is 28.3. The number of ether oxygens (including phenoxy) is 1. The Morgan fingerprint density at radius 3 is 2.52 bits per heavy atom. The second kappa shape index (κ2) is 9.04. The summed E-state index contributed by atoms with van der Waals surface area (Å²) >= 11 is 0. The third-order valence-corrected chi connectivity index (χ3v) is 6.94. The third-order valence-electron chi connectivity index (χ3n) is 5.24. The number of hydrogen-bond donors (Lipinski definition) is 1. The second-order valence-electron chi connectivity index (χ2n) is 8.77. The summed E-state index contributed by atoms with van der Waals surface area (Å²) in [7, 11) is -1.04. The predicted octanol–water partition coefficient (Wildman–Crippen LogP) is 4.71. The van der Waals surface area contributed by atoms with Gasteiger partial charge in [0.05, 0.1) is 12.0 Å². The molecule has 2 aromatic rings. The maximum absolute atomic E-state index is 5.98. The van der Waals surface area contributed by atoms with Gasteiger partial charge in [-0.1, -0.05) is 37.8 Å². The molecule has 0 unspecified atom stereocenters. The van der Waals surface area contributed by atoms with Gasteiger partial charge in [0, 0.05) is 45.1 Å². The van der Waals surface area contributed by atoms with Crippen molar-refractivity contribution in [2.24, 2.45) is 0 Å². The summed E-state index contributed by atoms with van der Waals surface area (Å²) in [6.45, 7) is 12.9. The Kier molecular flexibility index (Phi) is 6.73. The van der Waals surface area contributed by atoms with Crippen LogP contribution in [0.5, 0.6) is 0 Å². The van der Waals surface area contributed by atoms with Gasteiger partial charge in [0.15, 0.2) is 0 Å². The lowest BCUT2D eigenvalue weighted by Crippen LogP contribution is -2.37. The molecule has 1 N–H and O–H groups in total. The molecule has 1 aliphatic rings. The topological polar surface area (TPSA) is 42.3 Å². The molecule has 0 saturated carbocycles. The quantitative estimate of drug-likeness (QED) is 0.527. The van der Waals surface area contributed by atoms with E-state index in [9.17, 15) is 0 Å². The van der Waals surface area contributed by atoms with Crippen LogP contribution in [-0.4, -0.2) is 42.3 Å². The number of hydrazine groups is 1. The number of para-hydroxylation sites is 1. The molecular weight excluding hydrogens is 352 g/mol. The van der Waals surface area contributed by atoms with Crippen molar-refractivity contribution in [2.45, 2.75) is 58.1 Å². The Morgan fingerprint density at radius 1 is 1.15 bits per heavy atom. The normalized spacial score (nSPS) is 16.6. The molecule has 0 amide bonds. The molecule has 1 aromatic carbocycles. The van der Waals surface area contributed by atoms with Gasteiger partial charge in [0.1, 0.15) is 6.73 Å². The van der Waals surface area contributed by atoms with E-state index in [1.165, 1.54) is 11.7 Å². The van der Waals surface area contributed by atoms with Gasteiger partial charge in [0.25, 0.3) is 0 Å². The van der Waals surface area contributed by atoms with E-state index >= 15 is 0 Å². The van der Waals surface area contributed by atoms with E-state index in [1.807, 2.05) is 12.4 Å². The first-order valence-electron chi connectivity index (χ1n) is 10.1. The third kappa shape index (κ3) is 5.92. The van der Waals surface area contributed by atoms with E-state index in [0.717, 1.165) is 43.9 Å². The molecule has 0 atom stereocenters. The molecule has 0 bridgehead atoms. The maximum Gasteiger partial charge on any atom is 0.124 e. The molecule has 1 fully saturated rings. The van der Waals surface area contributed by atoms with Gasteiger partial charge >= 0.3 is 0 Å². The monoisotopic (exact) mass is 386 g/mol. The Balaban J connectivity index is 1.52. The van der Waals surface area contributed by atoms with E-state index in [1.54, 1.807) is 0 Å². The van der Waals surface area contributed by atoms with E-state index in [-0.39, 0.29) is 0 Å². The Hall–Kier alpha value is -1.63. The van der Waals surface area contributed by atoms with Crippen molar-refractivity contribution in [1.29, 1.82) is 0 Å². The minimum atomic E-state index is -1.04. The number of aryl methyl sites for hydroxylation is 1. The lowest BCUT2D eigenvalue weighted by molar-refractivity contribution is 0.0833. The first kappa shape index (κ1) is 20.1. The number of nitrogens with zero attached hydrogens (tertiary/aromatic N) is 3. The average Bonchev–Trinajstić information content (AvgIpc) is 3.00. The number of piperidine rings is 1. The zero-order valence-corrected chi connectivity index (χ0v) is 18.2. The van der Waals surface area contributed by atoms with Gasteiger partial charge in [-0.2, -0.15) is 0 Å². The van der Waals surface area contributed by atoms with Crippen molar-refractivity contribution in [2.75, 3.05) is 25.1 Å². The van der Waals surface area contributed by atoms with Crippen LogP contribution < -0.4 is 5.43 Å². The van der Waals surface area contributed by atoms with Crippen LogP contribution in [0.25, 0.3) is 0 Å². The van der Waals surface area contributed by atoms with E-state index < -0.39 is 8.07 Å². The van der Waals surface area contributed by atoms with Crippen LogP contribution in [0.2, 0.25) is 25.7 Å². The molecule has 0 radical (unpaired) electrons. The molecule has 1 aliphatic heterocycles. The molecule has 6 heteroatoms. The SMILES string of the molecule is Cc1ncn(COCC[Si](C)(C)C)c1C1CCN(Nc2ccccc2)CC1. The number of anilines is 1. The molecule has 5 nitrogen and oxygen atoms in total. The van der Waals surface area contributed by atoms with Crippen molar-refractivity contribution < 1.29 is 4.74 Å². The molecule has 1 saturated heterocycles. The molecule has 148 valence electrons. The molecule has 0 spiro atoms. The van der Waals surface area contributed by atoms with Crippen LogP contribution in [0.4, 0.5) is 5.69 Å². The first-order valence-corrected chi connectivity index (χ1v) is 13.8. The fraction of sp³-hybridized carbons (Fsp3) is 0.571. The molecule has 3 rings (SSSR count). The molecular formula is C21H34N4OSi. The molecule has 27 heavy (non-hydrogen) atoms. The summed E-state index contributed by atoms with van der Waals surface area (Å²) in [6, 6.07) is 11.6. The largest absolute Gasteiger partial charge is 0.361 e. The first-order chi connectivity index (χ1) is 12.9. The Labute approximate surface area is 164 Å². The van der Waals surface area contributed by atoms with Gasteiger partial charge in [-0.15, -0.1) is 0 Å². The minimum Gasteiger partial charge on any atom is -0.361 e. The summed E-state index contributed by atoms with van der Waals surface area (Å²) in [5.41, 5.74) is 7.20. The number of nitrogens with one attached hydrogen (secondary N) is 1. The van der Waals surface area contributed by atoms with Gasteiger partial charge in [-0.3, -0.25) is 0 Å². The lowest BCUT2D eigenvalue weighted by Gasteiger charge is -2.33. The van der Waals surface area contributed by atoms with Crippen LogP contribution in [-0.2, 0) is 11.5 Å². The smallest absolute Gasteiger partial charge is 0.124 e. The number of aromatic nitrogens is 2. The van der Waals surface area contributed by atoms with Crippen molar-refractivity contribution in [3.05, 3.63) is 48.0 Å². The number of imidazole rings is 1. The maximum atomic E-state index is 5.98. The number of benzene rings is 1. The van der Waals surface area contributed by atoms with Crippen LogP contribution >= 0.6 is 0 Å².